The Morgan fingerprint density at radius 2 is 2.23 bits per heavy atom. The first-order valence-electron chi connectivity index (χ1n) is 7.87. The standard InChI is InChI=1S/C17H21N4O/c1-20-10-4-3-5-15(20)17-21(2)19-16(22-17)13-6-7-14-12(11-13)8-9-18-14/h6-9,11,15,18H,3-5,10H2,1-2H3/q+1. The average molecular weight is 297 g/mol. The summed E-state index contributed by atoms with van der Waals surface area (Å²) in [5.41, 5.74) is 2.15. The summed E-state index contributed by atoms with van der Waals surface area (Å²) >= 11 is 0. The van der Waals surface area contributed by atoms with Crippen molar-refractivity contribution in [1.29, 1.82) is 0 Å². The molecule has 22 heavy (non-hydrogen) atoms. The summed E-state index contributed by atoms with van der Waals surface area (Å²) in [6.45, 7) is 1.12. The lowest BCUT2D eigenvalue weighted by Gasteiger charge is -2.27. The Morgan fingerprint density at radius 1 is 1.32 bits per heavy atom. The minimum atomic E-state index is 0.330. The molecule has 1 fully saturated rings. The van der Waals surface area contributed by atoms with E-state index in [9.17, 15) is 0 Å². The summed E-state index contributed by atoms with van der Waals surface area (Å²) in [6.07, 6.45) is 5.60. The number of aromatic amines is 1. The van der Waals surface area contributed by atoms with Gasteiger partial charge in [-0.1, -0.05) is 4.68 Å². The van der Waals surface area contributed by atoms with Gasteiger partial charge in [0.25, 0.3) is 5.89 Å². The molecule has 3 heterocycles. The van der Waals surface area contributed by atoms with Crippen molar-refractivity contribution in [2.75, 3.05) is 13.6 Å². The van der Waals surface area contributed by atoms with Gasteiger partial charge in [0, 0.05) is 27.8 Å². The monoisotopic (exact) mass is 297 g/mol. The number of aromatic nitrogens is 3. The summed E-state index contributed by atoms with van der Waals surface area (Å²) < 4.78 is 8.03. The molecule has 1 saturated heterocycles. The van der Waals surface area contributed by atoms with Crippen LogP contribution < -0.4 is 4.68 Å². The molecule has 114 valence electrons. The molecule has 5 nitrogen and oxygen atoms in total. The highest BCUT2D eigenvalue weighted by molar-refractivity contribution is 5.83. The number of likely N-dealkylation sites (tertiary alicyclic amines) is 1. The minimum Gasteiger partial charge on any atom is -0.380 e. The number of benzene rings is 1. The van der Waals surface area contributed by atoms with Crippen LogP contribution in [0, 0.1) is 0 Å². The lowest BCUT2D eigenvalue weighted by molar-refractivity contribution is -0.740. The summed E-state index contributed by atoms with van der Waals surface area (Å²) in [7, 11) is 4.14. The molecular weight excluding hydrogens is 276 g/mol. The second kappa shape index (κ2) is 5.25. The summed E-state index contributed by atoms with van der Waals surface area (Å²) in [5, 5.41) is 5.77. The van der Waals surface area contributed by atoms with E-state index < -0.39 is 0 Å². The van der Waals surface area contributed by atoms with Crippen molar-refractivity contribution in [3.63, 3.8) is 0 Å². The maximum absolute atomic E-state index is 6.14. The predicted octanol–water partition coefficient (Wildman–Crippen LogP) is 2.80. The fourth-order valence-electron chi connectivity index (χ4n) is 3.34. The van der Waals surface area contributed by atoms with E-state index in [0.717, 1.165) is 29.9 Å². The molecule has 1 aromatic carbocycles. The van der Waals surface area contributed by atoms with Crippen molar-refractivity contribution in [3.05, 3.63) is 36.4 Å². The van der Waals surface area contributed by atoms with Crippen molar-refractivity contribution >= 4 is 10.9 Å². The van der Waals surface area contributed by atoms with E-state index in [-0.39, 0.29) is 0 Å². The second-order valence-electron chi connectivity index (χ2n) is 6.14. The van der Waals surface area contributed by atoms with Crippen LogP contribution in [0.1, 0.15) is 31.2 Å². The number of aryl methyl sites for hydroxylation is 1. The molecule has 0 radical (unpaired) electrons. The van der Waals surface area contributed by atoms with Gasteiger partial charge in [-0.15, -0.1) is 0 Å². The smallest absolute Gasteiger partial charge is 0.380 e. The van der Waals surface area contributed by atoms with Gasteiger partial charge in [0.15, 0.2) is 7.05 Å². The molecule has 2 aromatic heterocycles. The Balaban J connectivity index is 1.72. The highest BCUT2D eigenvalue weighted by Crippen LogP contribution is 2.30. The molecule has 4 rings (SSSR count). The van der Waals surface area contributed by atoms with E-state index in [1.54, 1.807) is 0 Å². The Bertz CT molecular complexity index is 804. The largest absolute Gasteiger partial charge is 0.392 e. The van der Waals surface area contributed by atoms with E-state index >= 15 is 0 Å². The molecule has 0 saturated carbocycles. The van der Waals surface area contributed by atoms with E-state index in [1.165, 1.54) is 18.2 Å². The summed E-state index contributed by atoms with van der Waals surface area (Å²) in [6, 6.07) is 8.64. The molecule has 1 aliphatic heterocycles. The van der Waals surface area contributed by atoms with Crippen LogP contribution in [0.3, 0.4) is 0 Å². The van der Waals surface area contributed by atoms with Gasteiger partial charge in [0.1, 0.15) is 6.04 Å². The number of fused-ring (bicyclic) bond motifs is 1. The zero-order valence-corrected chi connectivity index (χ0v) is 13.0. The molecule has 0 amide bonds. The Labute approximate surface area is 129 Å². The molecule has 0 spiro atoms. The first kappa shape index (κ1) is 13.5. The number of H-pyrrole nitrogens is 1. The summed E-state index contributed by atoms with van der Waals surface area (Å²) in [5.74, 6) is 1.64. The van der Waals surface area contributed by atoms with Gasteiger partial charge < -0.3 is 9.40 Å². The molecule has 1 unspecified atom stereocenters. The Morgan fingerprint density at radius 3 is 3.09 bits per heavy atom. The fraction of sp³-hybridized carbons (Fsp3) is 0.412. The van der Waals surface area contributed by atoms with Gasteiger partial charge in [-0.05, 0) is 57.1 Å². The number of hydrogen-bond donors (Lipinski definition) is 1. The van der Waals surface area contributed by atoms with Gasteiger partial charge in [0.2, 0.25) is 0 Å². The Kier molecular flexibility index (Phi) is 3.22. The van der Waals surface area contributed by atoms with Crippen LogP contribution in [-0.4, -0.2) is 28.6 Å². The topological polar surface area (TPSA) is 48.9 Å². The van der Waals surface area contributed by atoms with Crippen LogP contribution in [0.4, 0.5) is 0 Å². The fourth-order valence-corrected chi connectivity index (χ4v) is 3.34. The van der Waals surface area contributed by atoms with Gasteiger partial charge in [-0.3, -0.25) is 4.90 Å². The lowest BCUT2D eigenvalue weighted by Crippen LogP contribution is -2.41. The highest BCUT2D eigenvalue weighted by atomic mass is 16.4. The molecule has 1 N–H and O–H groups in total. The van der Waals surface area contributed by atoms with Crippen LogP contribution in [0.15, 0.2) is 34.9 Å². The van der Waals surface area contributed by atoms with Crippen molar-refractivity contribution in [2.45, 2.75) is 25.3 Å². The van der Waals surface area contributed by atoms with Gasteiger partial charge in [-0.25, -0.2) is 0 Å². The van der Waals surface area contributed by atoms with Crippen molar-refractivity contribution < 1.29 is 9.10 Å². The lowest BCUT2D eigenvalue weighted by atomic mass is 10.0. The minimum absolute atomic E-state index is 0.330. The third-order valence-electron chi connectivity index (χ3n) is 4.62. The second-order valence-corrected chi connectivity index (χ2v) is 6.14. The summed E-state index contributed by atoms with van der Waals surface area (Å²) in [4.78, 5) is 5.57. The quantitative estimate of drug-likeness (QED) is 0.740. The average Bonchev–Trinajstić information content (AvgIpc) is 3.13. The van der Waals surface area contributed by atoms with Gasteiger partial charge in [-0.2, -0.15) is 0 Å². The SMILES string of the molecule is CN1CCCCC1c1oc(-c2ccc3[nH]ccc3c2)n[n+]1C. The van der Waals surface area contributed by atoms with Crippen LogP contribution in [0.25, 0.3) is 22.4 Å². The maximum atomic E-state index is 6.14. The number of rotatable bonds is 2. The van der Waals surface area contributed by atoms with Crippen LogP contribution in [0.5, 0.6) is 0 Å². The van der Waals surface area contributed by atoms with Crippen LogP contribution >= 0.6 is 0 Å². The molecule has 1 atom stereocenters. The van der Waals surface area contributed by atoms with E-state index in [4.69, 9.17) is 4.42 Å². The molecule has 1 aliphatic rings. The molecule has 0 aliphatic carbocycles. The molecule has 5 heteroatoms. The zero-order valence-electron chi connectivity index (χ0n) is 13.0. The third kappa shape index (κ3) is 2.22. The van der Waals surface area contributed by atoms with E-state index in [0.29, 0.717) is 11.9 Å². The molecule has 3 aromatic rings. The van der Waals surface area contributed by atoms with Crippen molar-refractivity contribution in [2.24, 2.45) is 7.05 Å². The molecule has 0 bridgehead atoms. The third-order valence-corrected chi connectivity index (χ3v) is 4.62. The number of nitrogens with one attached hydrogen (secondary N) is 1. The molecular formula is C17H21N4O+. The first-order chi connectivity index (χ1) is 10.7. The number of piperidine rings is 1. The normalized spacial score (nSPS) is 19.8. The maximum Gasteiger partial charge on any atom is 0.392 e. The zero-order chi connectivity index (χ0) is 15.1. The van der Waals surface area contributed by atoms with Crippen LogP contribution in [0.2, 0.25) is 0 Å². The van der Waals surface area contributed by atoms with Crippen molar-refractivity contribution in [1.82, 2.24) is 15.0 Å². The van der Waals surface area contributed by atoms with Gasteiger partial charge in [0.05, 0.1) is 0 Å². The van der Waals surface area contributed by atoms with Crippen LogP contribution in [-0.2, 0) is 7.05 Å². The van der Waals surface area contributed by atoms with Gasteiger partial charge >= 0.3 is 5.89 Å². The number of hydrogen-bond acceptors (Lipinski definition) is 3. The van der Waals surface area contributed by atoms with Crippen molar-refractivity contribution in [3.8, 4) is 11.5 Å². The Hall–Kier alpha value is -2.14. The van der Waals surface area contributed by atoms with E-state index in [1.807, 2.05) is 17.9 Å². The highest BCUT2D eigenvalue weighted by Gasteiger charge is 2.33. The first-order valence-corrected chi connectivity index (χ1v) is 7.87. The predicted molar refractivity (Wildman–Crippen MR) is 84.2 cm³/mol. The number of nitrogens with zero attached hydrogens (tertiary/aromatic N) is 3. The van der Waals surface area contributed by atoms with E-state index in [2.05, 4.69) is 46.3 Å².